The van der Waals surface area contributed by atoms with Gasteiger partial charge in [0.15, 0.2) is 0 Å². The van der Waals surface area contributed by atoms with Gasteiger partial charge in [-0.2, -0.15) is 13.2 Å². The Bertz CT molecular complexity index is 964. The Labute approximate surface area is 176 Å². The lowest BCUT2D eigenvalue weighted by molar-refractivity contribution is -0.137. The minimum Gasteiger partial charge on any atom is -0.491 e. The fourth-order valence-electron chi connectivity index (χ4n) is 2.31. The van der Waals surface area contributed by atoms with Crippen LogP contribution in [0.5, 0.6) is 5.75 Å². The van der Waals surface area contributed by atoms with E-state index in [2.05, 4.69) is 10.0 Å². The zero-order valence-corrected chi connectivity index (χ0v) is 16.8. The van der Waals surface area contributed by atoms with E-state index in [-0.39, 0.29) is 36.8 Å². The Morgan fingerprint density at radius 3 is 2.26 bits per heavy atom. The molecule has 2 rings (SSSR count). The minimum absolute atomic E-state index is 0.119. The van der Waals surface area contributed by atoms with Crippen molar-refractivity contribution in [1.29, 1.82) is 0 Å². The SMILES string of the molecule is O=C(CCNS(=O)(=O)c1ccc(F)cc1)NCC(O)COc1ccc(C(F)(F)F)cc1. The highest BCUT2D eigenvalue weighted by Gasteiger charge is 2.30. The number of rotatable bonds is 10. The van der Waals surface area contributed by atoms with Crippen LogP contribution in [0.1, 0.15) is 12.0 Å². The van der Waals surface area contributed by atoms with Crippen LogP contribution in [0.3, 0.4) is 0 Å². The maximum atomic E-state index is 12.9. The predicted octanol–water partition coefficient (Wildman–Crippen LogP) is 2.07. The number of hydrogen-bond acceptors (Lipinski definition) is 5. The molecule has 170 valence electrons. The van der Waals surface area contributed by atoms with Gasteiger partial charge in [0, 0.05) is 19.5 Å². The lowest BCUT2D eigenvalue weighted by Crippen LogP contribution is -2.37. The number of ether oxygens (including phenoxy) is 1. The molecule has 3 N–H and O–H groups in total. The van der Waals surface area contributed by atoms with Crippen LogP contribution in [-0.4, -0.2) is 45.2 Å². The standard InChI is InChI=1S/C19H20F4N2O5S/c20-14-3-7-17(8-4-14)31(28,29)25-10-9-18(27)24-11-15(26)12-30-16-5-1-13(2-6-16)19(21,22)23/h1-8,15,25-26H,9-12H2,(H,24,27). The molecule has 2 aromatic carbocycles. The number of benzene rings is 2. The zero-order chi connectivity index (χ0) is 23.1. The molecular formula is C19H20F4N2O5S. The number of alkyl halides is 3. The van der Waals surface area contributed by atoms with Gasteiger partial charge in [0.1, 0.15) is 24.3 Å². The number of halogens is 4. The van der Waals surface area contributed by atoms with Crippen molar-refractivity contribution in [1.82, 2.24) is 10.0 Å². The van der Waals surface area contributed by atoms with E-state index < -0.39 is 39.6 Å². The Morgan fingerprint density at radius 2 is 1.68 bits per heavy atom. The van der Waals surface area contributed by atoms with Crippen molar-refractivity contribution < 1.29 is 40.6 Å². The molecule has 0 aliphatic heterocycles. The maximum Gasteiger partial charge on any atom is 0.416 e. The van der Waals surface area contributed by atoms with Crippen LogP contribution in [0.4, 0.5) is 17.6 Å². The number of hydrogen-bond donors (Lipinski definition) is 3. The summed E-state index contributed by atoms with van der Waals surface area (Å²) < 4.78 is 81.7. The molecule has 0 aliphatic rings. The molecular weight excluding hydrogens is 444 g/mol. The molecule has 0 fully saturated rings. The first-order valence-corrected chi connectivity index (χ1v) is 10.5. The Hall–Kier alpha value is -2.70. The van der Waals surface area contributed by atoms with Crippen LogP contribution in [0.15, 0.2) is 53.4 Å². The second-order valence-electron chi connectivity index (χ2n) is 6.39. The van der Waals surface area contributed by atoms with Crippen molar-refractivity contribution in [2.24, 2.45) is 0 Å². The zero-order valence-electron chi connectivity index (χ0n) is 16.0. The molecule has 12 heteroatoms. The van der Waals surface area contributed by atoms with Gasteiger partial charge in [0.25, 0.3) is 0 Å². The smallest absolute Gasteiger partial charge is 0.416 e. The van der Waals surface area contributed by atoms with E-state index in [0.29, 0.717) is 0 Å². The van der Waals surface area contributed by atoms with Crippen molar-refractivity contribution in [2.45, 2.75) is 23.6 Å². The highest BCUT2D eigenvalue weighted by Crippen LogP contribution is 2.30. The average molecular weight is 464 g/mol. The summed E-state index contributed by atoms with van der Waals surface area (Å²) in [5.74, 6) is -1.01. The number of sulfonamides is 1. The van der Waals surface area contributed by atoms with Crippen molar-refractivity contribution >= 4 is 15.9 Å². The first-order chi connectivity index (χ1) is 14.5. The normalized spacial score (nSPS) is 12.9. The maximum absolute atomic E-state index is 12.9. The van der Waals surface area contributed by atoms with Gasteiger partial charge in [-0.05, 0) is 48.5 Å². The topological polar surface area (TPSA) is 105 Å². The van der Waals surface area contributed by atoms with Gasteiger partial charge in [0.05, 0.1) is 10.5 Å². The number of amides is 1. The number of carbonyl (C=O) groups is 1. The summed E-state index contributed by atoms with van der Waals surface area (Å²) in [5, 5.41) is 12.2. The highest BCUT2D eigenvalue weighted by atomic mass is 32.2. The summed E-state index contributed by atoms with van der Waals surface area (Å²) in [7, 11) is -3.89. The van der Waals surface area contributed by atoms with Crippen molar-refractivity contribution in [2.75, 3.05) is 19.7 Å². The van der Waals surface area contributed by atoms with Gasteiger partial charge in [-0.1, -0.05) is 0 Å². The van der Waals surface area contributed by atoms with E-state index >= 15 is 0 Å². The van der Waals surface area contributed by atoms with Crippen LogP contribution in [0, 0.1) is 5.82 Å². The van der Waals surface area contributed by atoms with Crippen LogP contribution >= 0.6 is 0 Å². The third kappa shape index (κ3) is 8.15. The Morgan fingerprint density at radius 1 is 1.06 bits per heavy atom. The summed E-state index contributed by atoms with van der Waals surface area (Å²) in [4.78, 5) is 11.6. The molecule has 0 spiro atoms. The van der Waals surface area contributed by atoms with Gasteiger partial charge < -0.3 is 15.2 Å². The van der Waals surface area contributed by atoms with Crippen molar-refractivity contribution in [3.05, 3.63) is 59.9 Å². The molecule has 1 amide bonds. The number of nitrogens with one attached hydrogen (secondary N) is 2. The van der Waals surface area contributed by atoms with Gasteiger partial charge >= 0.3 is 6.18 Å². The summed E-state index contributed by atoms with van der Waals surface area (Å²) in [6.07, 6.45) is -5.82. The first kappa shape index (κ1) is 24.6. The monoisotopic (exact) mass is 464 g/mol. The lowest BCUT2D eigenvalue weighted by atomic mass is 10.2. The lowest BCUT2D eigenvalue weighted by Gasteiger charge is -2.14. The van der Waals surface area contributed by atoms with Gasteiger partial charge in [0.2, 0.25) is 15.9 Å². The van der Waals surface area contributed by atoms with Crippen LogP contribution < -0.4 is 14.8 Å². The van der Waals surface area contributed by atoms with Crippen LogP contribution in [0.2, 0.25) is 0 Å². The van der Waals surface area contributed by atoms with Gasteiger partial charge in [-0.3, -0.25) is 4.79 Å². The van der Waals surface area contributed by atoms with Crippen LogP contribution in [0.25, 0.3) is 0 Å². The molecule has 0 saturated heterocycles. The molecule has 2 aromatic rings. The molecule has 0 aromatic heterocycles. The second kappa shape index (κ2) is 10.6. The molecule has 7 nitrogen and oxygen atoms in total. The molecule has 1 atom stereocenters. The third-order valence-electron chi connectivity index (χ3n) is 3.93. The number of aliphatic hydroxyl groups is 1. The predicted molar refractivity (Wildman–Crippen MR) is 102 cm³/mol. The molecule has 0 saturated carbocycles. The van der Waals surface area contributed by atoms with Crippen LogP contribution in [-0.2, 0) is 21.0 Å². The molecule has 0 heterocycles. The minimum atomic E-state index is -4.46. The average Bonchev–Trinajstić information content (AvgIpc) is 2.70. The quantitative estimate of drug-likeness (QED) is 0.467. The fourth-order valence-corrected chi connectivity index (χ4v) is 3.34. The Balaban J connectivity index is 1.68. The largest absolute Gasteiger partial charge is 0.491 e. The molecule has 0 bridgehead atoms. The number of carbonyl (C=O) groups excluding carboxylic acids is 1. The van der Waals surface area contributed by atoms with E-state index in [1.54, 1.807) is 0 Å². The molecule has 31 heavy (non-hydrogen) atoms. The molecule has 0 aliphatic carbocycles. The summed E-state index contributed by atoms with van der Waals surface area (Å²) in [6.45, 7) is -0.698. The highest BCUT2D eigenvalue weighted by molar-refractivity contribution is 7.89. The van der Waals surface area contributed by atoms with E-state index in [0.717, 1.165) is 48.5 Å². The second-order valence-corrected chi connectivity index (χ2v) is 8.16. The van der Waals surface area contributed by atoms with Crippen molar-refractivity contribution in [3.8, 4) is 5.75 Å². The third-order valence-corrected chi connectivity index (χ3v) is 5.40. The summed E-state index contributed by atoms with van der Waals surface area (Å²) >= 11 is 0. The van der Waals surface area contributed by atoms with E-state index in [4.69, 9.17) is 4.74 Å². The Kier molecular flexibility index (Phi) is 8.36. The van der Waals surface area contributed by atoms with Gasteiger partial charge in [-0.25, -0.2) is 17.5 Å². The molecule has 0 radical (unpaired) electrons. The van der Waals surface area contributed by atoms with Crippen molar-refractivity contribution in [3.63, 3.8) is 0 Å². The first-order valence-electron chi connectivity index (χ1n) is 8.97. The van der Waals surface area contributed by atoms with E-state index in [9.17, 15) is 35.9 Å². The van der Waals surface area contributed by atoms with E-state index in [1.807, 2.05) is 0 Å². The summed E-state index contributed by atoms with van der Waals surface area (Å²) in [6, 6.07) is 8.08. The molecule has 1 unspecified atom stereocenters. The summed E-state index contributed by atoms with van der Waals surface area (Å²) in [5.41, 5.74) is -0.831. The number of aliphatic hydroxyl groups excluding tert-OH is 1. The van der Waals surface area contributed by atoms with Gasteiger partial charge in [-0.15, -0.1) is 0 Å². The van der Waals surface area contributed by atoms with E-state index in [1.165, 1.54) is 0 Å². The fraction of sp³-hybridized carbons (Fsp3) is 0.316.